The van der Waals surface area contributed by atoms with Gasteiger partial charge in [0.2, 0.25) is 5.91 Å². The molecule has 5 nitrogen and oxygen atoms in total. The number of rotatable bonds is 6. The number of carbonyl (C=O) groups excluding carboxylic acids is 2. The van der Waals surface area contributed by atoms with E-state index in [0.29, 0.717) is 5.75 Å². The molecule has 0 saturated carbocycles. The summed E-state index contributed by atoms with van der Waals surface area (Å²) in [6.07, 6.45) is 0.0514. The lowest BCUT2D eigenvalue weighted by Gasteiger charge is -2.09. The summed E-state index contributed by atoms with van der Waals surface area (Å²) in [5.41, 5.74) is 1.14. The third kappa shape index (κ3) is 4.81. The van der Waals surface area contributed by atoms with Crippen LogP contribution in [0.3, 0.4) is 0 Å². The van der Waals surface area contributed by atoms with Gasteiger partial charge in [-0.2, -0.15) is 0 Å². The number of hydrogen-bond donors (Lipinski definition) is 1. The molecule has 126 valence electrons. The van der Waals surface area contributed by atoms with E-state index >= 15 is 0 Å². The second-order valence-electron chi connectivity index (χ2n) is 5.15. The number of benzene rings is 2. The van der Waals surface area contributed by atoms with E-state index in [2.05, 4.69) is 10.1 Å². The zero-order chi connectivity index (χ0) is 17.5. The molecule has 0 aliphatic carbocycles. The van der Waals surface area contributed by atoms with Crippen LogP contribution in [0.1, 0.15) is 22.3 Å². The maximum Gasteiger partial charge on any atom is 0.337 e. The Labute approximate surface area is 139 Å². The van der Waals surface area contributed by atoms with Crippen molar-refractivity contribution in [3.63, 3.8) is 0 Å². The molecule has 0 aliphatic heterocycles. The fourth-order valence-corrected chi connectivity index (χ4v) is 2.05. The lowest BCUT2D eigenvalue weighted by molar-refractivity contribution is -0.116. The molecule has 0 saturated heterocycles. The number of hydrogen-bond acceptors (Lipinski definition) is 4. The van der Waals surface area contributed by atoms with Crippen LogP contribution in [-0.2, 0) is 9.53 Å². The van der Waals surface area contributed by atoms with E-state index in [9.17, 15) is 14.0 Å². The summed E-state index contributed by atoms with van der Waals surface area (Å²) in [6, 6.07) is 11.1. The molecule has 0 radical (unpaired) electrons. The van der Waals surface area contributed by atoms with Gasteiger partial charge in [0.15, 0.2) is 0 Å². The molecule has 6 heteroatoms. The van der Waals surface area contributed by atoms with E-state index < -0.39 is 17.7 Å². The highest BCUT2D eigenvalue weighted by atomic mass is 19.1. The minimum atomic E-state index is -0.629. The lowest BCUT2D eigenvalue weighted by Crippen LogP contribution is -2.16. The Hall–Kier alpha value is -2.89. The molecule has 0 aliphatic rings. The minimum absolute atomic E-state index is 0.0514. The number of esters is 1. The quantitative estimate of drug-likeness (QED) is 0.825. The predicted octanol–water partition coefficient (Wildman–Crippen LogP) is 3.33. The molecule has 0 fully saturated rings. The molecular weight excluding hydrogens is 313 g/mol. The molecule has 0 atom stereocenters. The van der Waals surface area contributed by atoms with Crippen LogP contribution in [0.25, 0.3) is 0 Å². The highest BCUT2D eigenvalue weighted by Gasteiger charge is 2.12. The van der Waals surface area contributed by atoms with Crippen LogP contribution < -0.4 is 10.1 Å². The second kappa shape index (κ2) is 8.10. The smallest absolute Gasteiger partial charge is 0.337 e. The van der Waals surface area contributed by atoms with Gasteiger partial charge in [0.1, 0.15) is 11.6 Å². The van der Waals surface area contributed by atoms with Crippen LogP contribution in [0.15, 0.2) is 42.5 Å². The van der Waals surface area contributed by atoms with Crippen LogP contribution in [0.5, 0.6) is 5.75 Å². The highest BCUT2D eigenvalue weighted by molar-refractivity contribution is 5.94. The van der Waals surface area contributed by atoms with E-state index in [0.717, 1.165) is 11.6 Å². The number of nitrogens with one attached hydrogen (secondary N) is 1. The molecule has 0 spiro atoms. The van der Waals surface area contributed by atoms with E-state index in [1.807, 2.05) is 25.1 Å². The Morgan fingerprint density at radius 1 is 1.17 bits per heavy atom. The summed E-state index contributed by atoms with van der Waals surface area (Å²) in [4.78, 5) is 23.3. The Balaban J connectivity index is 1.91. The summed E-state index contributed by atoms with van der Waals surface area (Å²) >= 11 is 0. The first-order valence-corrected chi connectivity index (χ1v) is 7.37. The first kappa shape index (κ1) is 17.5. The second-order valence-corrected chi connectivity index (χ2v) is 5.15. The topological polar surface area (TPSA) is 64.6 Å². The Morgan fingerprint density at radius 2 is 1.96 bits per heavy atom. The van der Waals surface area contributed by atoms with E-state index in [-0.39, 0.29) is 24.3 Å². The number of aryl methyl sites for hydroxylation is 1. The maximum atomic E-state index is 13.7. The van der Waals surface area contributed by atoms with Gasteiger partial charge >= 0.3 is 5.97 Å². The van der Waals surface area contributed by atoms with Gasteiger partial charge in [-0.15, -0.1) is 0 Å². The number of carbonyl (C=O) groups is 2. The molecule has 1 amide bonds. The van der Waals surface area contributed by atoms with E-state index in [1.165, 1.54) is 19.2 Å². The van der Waals surface area contributed by atoms with Crippen LogP contribution in [0, 0.1) is 12.7 Å². The van der Waals surface area contributed by atoms with E-state index in [4.69, 9.17) is 4.74 Å². The van der Waals surface area contributed by atoms with Crippen LogP contribution >= 0.6 is 0 Å². The summed E-state index contributed by atoms with van der Waals surface area (Å²) in [5.74, 6) is -0.978. The van der Waals surface area contributed by atoms with Crippen molar-refractivity contribution in [1.29, 1.82) is 0 Å². The fourth-order valence-electron chi connectivity index (χ4n) is 2.05. The maximum absolute atomic E-state index is 13.7. The zero-order valence-electron chi connectivity index (χ0n) is 13.5. The normalized spacial score (nSPS) is 10.1. The molecule has 0 aromatic heterocycles. The molecule has 2 aromatic carbocycles. The summed E-state index contributed by atoms with van der Waals surface area (Å²) in [6.45, 7) is 2.10. The first-order chi connectivity index (χ1) is 11.5. The van der Waals surface area contributed by atoms with Crippen molar-refractivity contribution in [2.45, 2.75) is 13.3 Å². The van der Waals surface area contributed by atoms with Gasteiger partial charge in [-0.1, -0.05) is 12.1 Å². The molecule has 0 heterocycles. The van der Waals surface area contributed by atoms with Gasteiger partial charge in [0, 0.05) is 0 Å². The summed E-state index contributed by atoms with van der Waals surface area (Å²) < 4.78 is 23.8. The van der Waals surface area contributed by atoms with Crippen molar-refractivity contribution >= 4 is 17.6 Å². The number of amides is 1. The number of ether oxygens (including phenoxy) is 2. The van der Waals surface area contributed by atoms with Crippen molar-refractivity contribution in [3.8, 4) is 5.75 Å². The third-order valence-corrected chi connectivity index (χ3v) is 3.25. The van der Waals surface area contributed by atoms with E-state index in [1.54, 1.807) is 6.07 Å². The highest BCUT2D eigenvalue weighted by Crippen LogP contribution is 2.17. The Morgan fingerprint density at radius 3 is 2.67 bits per heavy atom. The van der Waals surface area contributed by atoms with Gasteiger partial charge in [-0.05, 0) is 42.8 Å². The number of methoxy groups -OCH3 is 1. The molecule has 0 unspecified atom stereocenters. The average Bonchev–Trinajstić information content (AvgIpc) is 2.56. The lowest BCUT2D eigenvalue weighted by atomic mass is 10.2. The summed E-state index contributed by atoms with van der Waals surface area (Å²) in [5, 5.41) is 2.43. The van der Waals surface area contributed by atoms with Crippen LogP contribution in [0.4, 0.5) is 10.1 Å². The average molecular weight is 331 g/mol. The molecule has 2 rings (SSSR count). The fraction of sp³-hybridized carbons (Fsp3) is 0.222. The zero-order valence-corrected chi connectivity index (χ0v) is 13.5. The molecule has 0 bridgehead atoms. The van der Waals surface area contributed by atoms with Crippen molar-refractivity contribution in [2.24, 2.45) is 0 Å². The Bertz CT molecular complexity index is 746. The van der Waals surface area contributed by atoms with Gasteiger partial charge in [0.05, 0.1) is 31.4 Å². The van der Waals surface area contributed by atoms with Gasteiger partial charge < -0.3 is 14.8 Å². The molecular formula is C18H18FNO4. The van der Waals surface area contributed by atoms with Crippen LogP contribution in [0.2, 0.25) is 0 Å². The van der Waals surface area contributed by atoms with Crippen molar-refractivity contribution in [3.05, 3.63) is 59.4 Å². The number of halogens is 1. The van der Waals surface area contributed by atoms with Gasteiger partial charge in [-0.3, -0.25) is 4.79 Å². The largest absolute Gasteiger partial charge is 0.493 e. The molecule has 1 N–H and O–H groups in total. The monoisotopic (exact) mass is 331 g/mol. The van der Waals surface area contributed by atoms with Crippen molar-refractivity contribution < 1.29 is 23.5 Å². The van der Waals surface area contributed by atoms with Gasteiger partial charge in [0.25, 0.3) is 0 Å². The predicted molar refractivity (Wildman–Crippen MR) is 87.7 cm³/mol. The van der Waals surface area contributed by atoms with Gasteiger partial charge in [-0.25, -0.2) is 9.18 Å². The molecule has 24 heavy (non-hydrogen) atoms. The number of anilines is 1. The SMILES string of the molecule is COC(=O)c1ccc(F)c(NC(=O)CCOc2cccc(C)c2)c1. The summed E-state index contributed by atoms with van der Waals surface area (Å²) in [7, 11) is 1.23. The third-order valence-electron chi connectivity index (χ3n) is 3.25. The van der Waals surface area contributed by atoms with Crippen molar-refractivity contribution in [1.82, 2.24) is 0 Å². The first-order valence-electron chi connectivity index (χ1n) is 7.37. The standard InChI is InChI=1S/C18H18FNO4/c1-12-4-3-5-14(10-12)24-9-8-17(21)20-16-11-13(18(22)23-2)6-7-15(16)19/h3-7,10-11H,8-9H2,1-2H3,(H,20,21). The van der Waals surface area contributed by atoms with Crippen LogP contribution in [-0.4, -0.2) is 25.6 Å². The van der Waals surface area contributed by atoms with Crippen molar-refractivity contribution in [2.75, 3.05) is 19.0 Å². The Kier molecular flexibility index (Phi) is 5.89. The minimum Gasteiger partial charge on any atom is -0.493 e. The molecule has 2 aromatic rings.